The van der Waals surface area contributed by atoms with E-state index >= 15 is 0 Å². The third kappa shape index (κ3) is 3.99. The van der Waals surface area contributed by atoms with Crippen LogP contribution in [0.3, 0.4) is 0 Å². The van der Waals surface area contributed by atoms with E-state index < -0.39 is 24.6 Å². The molecule has 2 aromatic carbocycles. The Balaban J connectivity index is 0.00000231. The number of rotatable bonds is 4. The molecule has 0 amide bonds. The number of aromatic nitrogens is 1. The molecule has 5 rings (SSSR count). The van der Waals surface area contributed by atoms with Gasteiger partial charge in [-0.25, -0.2) is 9.15 Å². The first kappa shape index (κ1) is 22.2. The number of amidine groups is 1. The van der Waals surface area contributed by atoms with Crippen LogP contribution in [0.2, 0.25) is 0 Å². The summed E-state index contributed by atoms with van der Waals surface area (Å²) >= 11 is 0. The molecule has 0 radical (unpaired) electrons. The van der Waals surface area contributed by atoms with Crippen molar-refractivity contribution in [2.24, 2.45) is 10.7 Å². The number of halogens is 1. The summed E-state index contributed by atoms with van der Waals surface area (Å²) in [5.74, 6) is -0.790. The first-order valence-electron chi connectivity index (χ1n) is 9.68. The predicted octanol–water partition coefficient (Wildman–Crippen LogP) is -0.299. The number of nitrogens with zero attached hydrogens (tertiary/aromatic N) is 2. The van der Waals surface area contributed by atoms with E-state index in [1.165, 1.54) is 22.8 Å². The molecule has 1 aliphatic carbocycles. The van der Waals surface area contributed by atoms with Gasteiger partial charge in [0.25, 0.3) is 5.56 Å². The molecule has 1 aliphatic heterocycles. The van der Waals surface area contributed by atoms with Gasteiger partial charge in [0.1, 0.15) is 23.0 Å². The largest absolute Gasteiger partial charge is 1.00 e. The average molecular weight is 449 g/mol. The van der Waals surface area contributed by atoms with Crippen LogP contribution in [0.15, 0.2) is 52.0 Å². The molecule has 1 unspecified atom stereocenters. The van der Waals surface area contributed by atoms with Crippen molar-refractivity contribution in [2.45, 2.75) is 25.8 Å². The van der Waals surface area contributed by atoms with Crippen LogP contribution < -0.4 is 50.6 Å². The van der Waals surface area contributed by atoms with Crippen LogP contribution in [0.1, 0.15) is 24.8 Å². The van der Waals surface area contributed by atoms with E-state index in [4.69, 9.17) is 0 Å². The Morgan fingerprint density at radius 1 is 1.26 bits per heavy atom. The number of nitrogens with one attached hydrogen (secondary N) is 1. The minimum Gasteiger partial charge on any atom is -0.779 e. The smallest absolute Gasteiger partial charge is 0.779 e. The minimum atomic E-state index is -4.40. The van der Waals surface area contributed by atoms with E-state index in [1.54, 1.807) is 18.2 Å². The number of hydrogen-bond acceptors (Lipinski definition) is 5. The van der Waals surface area contributed by atoms with Gasteiger partial charge in [-0.2, -0.15) is 0 Å². The summed E-state index contributed by atoms with van der Waals surface area (Å²) in [5.41, 5.74) is -0.193. The summed E-state index contributed by atoms with van der Waals surface area (Å²) in [5, 5.41) is 13.8. The molecule has 2 aliphatic rings. The SMILES string of the molecule is O=c1c(C2=NP(=O)([O-])c3ccccc3N2)c(O)c2cc(F)ccc2n1CCC1CC1.[Na+]. The number of hydrogen-bond donors (Lipinski definition) is 2. The molecule has 0 bridgehead atoms. The van der Waals surface area contributed by atoms with E-state index in [0.717, 1.165) is 25.3 Å². The normalized spacial score (nSPS) is 19.9. The summed E-state index contributed by atoms with van der Waals surface area (Å²) in [6, 6.07) is 10.0. The monoisotopic (exact) mass is 449 g/mol. The van der Waals surface area contributed by atoms with Crippen molar-refractivity contribution in [1.82, 2.24) is 4.57 Å². The molecule has 2 heterocycles. The van der Waals surface area contributed by atoms with Gasteiger partial charge in [0.15, 0.2) is 7.52 Å². The van der Waals surface area contributed by atoms with Gasteiger partial charge in [-0.05, 0) is 42.7 Å². The molecule has 1 aromatic heterocycles. The molecule has 154 valence electrons. The molecule has 0 spiro atoms. The van der Waals surface area contributed by atoms with Gasteiger partial charge in [-0.15, -0.1) is 0 Å². The number of pyridine rings is 1. The fraction of sp³-hybridized carbons (Fsp3) is 0.238. The van der Waals surface area contributed by atoms with E-state index in [-0.39, 0.29) is 57.3 Å². The van der Waals surface area contributed by atoms with E-state index in [1.807, 2.05) is 0 Å². The van der Waals surface area contributed by atoms with Crippen LogP contribution in [0.4, 0.5) is 10.1 Å². The number of para-hydroxylation sites is 1. The molecule has 31 heavy (non-hydrogen) atoms. The molecule has 1 saturated carbocycles. The molecule has 2 N–H and O–H groups in total. The van der Waals surface area contributed by atoms with Gasteiger partial charge in [0.2, 0.25) is 0 Å². The molecular formula is C21H18FN3NaO4P. The Morgan fingerprint density at radius 3 is 2.74 bits per heavy atom. The topological polar surface area (TPSA) is 107 Å². The number of aromatic hydroxyl groups is 1. The van der Waals surface area contributed by atoms with Crippen LogP contribution >= 0.6 is 7.52 Å². The summed E-state index contributed by atoms with van der Waals surface area (Å²) in [4.78, 5) is 26.0. The third-order valence-corrected chi connectivity index (χ3v) is 7.05. The fourth-order valence-electron chi connectivity index (χ4n) is 3.84. The quantitative estimate of drug-likeness (QED) is 0.420. The minimum absolute atomic E-state index is 0. The van der Waals surface area contributed by atoms with Gasteiger partial charge in [-0.1, -0.05) is 25.0 Å². The van der Waals surface area contributed by atoms with Crippen molar-refractivity contribution in [3.8, 4) is 5.75 Å². The van der Waals surface area contributed by atoms with Crippen molar-refractivity contribution in [3.63, 3.8) is 0 Å². The Kier molecular flexibility index (Phi) is 5.87. The summed E-state index contributed by atoms with van der Waals surface area (Å²) in [6.07, 6.45) is 2.99. The van der Waals surface area contributed by atoms with E-state index in [0.29, 0.717) is 18.0 Å². The number of fused-ring (bicyclic) bond motifs is 2. The second-order valence-corrected chi connectivity index (χ2v) is 9.41. The van der Waals surface area contributed by atoms with Gasteiger partial charge < -0.3 is 24.4 Å². The van der Waals surface area contributed by atoms with Gasteiger partial charge >= 0.3 is 29.6 Å². The van der Waals surface area contributed by atoms with Crippen LogP contribution in [0.25, 0.3) is 10.9 Å². The molecular weight excluding hydrogens is 431 g/mol. The molecule has 10 heteroatoms. The zero-order chi connectivity index (χ0) is 21.0. The number of aryl methyl sites for hydroxylation is 1. The molecule has 7 nitrogen and oxygen atoms in total. The van der Waals surface area contributed by atoms with Crippen molar-refractivity contribution >= 4 is 35.3 Å². The second kappa shape index (κ2) is 8.19. The Bertz CT molecular complexity index is 1340. The number of anilines is 1. The van der Waals surface area contributed by atoms with Crippen LogP contribution in [0.5, 0.6) is 5.75 Å². The van der Waals surface area contributed by atoms with Crippen LogP contribution in [0, 0.1) is 11.7 Å². The summed E-state index contributed by atoms with van der Waals surface area (Å²) in [6.45, 7) is 0.387. The molecule has 3 aromatic rings. The third-order valence-electron chi connectivity index (χ3n) is 5.59. The first-order valence-corrected chi connectivity index (χ1v) is 11.3. The zero-order valence-electron chi connectivity index (χ0n) is 16.8. The van der Waals surface area contributed by atoms with Crippen molar-refractivity contribution < 1.29 is 48.5 Å². The van der Waals surface area contributed by atoms with Gasteiger partial charge in [-0.3, -0.25) is 4.79 Å². The Morgan fingerprint density at radius 2 is 2.00 bits per heavy atom. The fourth-order valence-corrected chi connectivity index (χ4v) is 5.07. The van der Waals surface area contributed by atoms with Crippen molar-refractivity contribution in [1.29, 1.82) is 0 Å². The maximum absolute atomic E-state index is 13.9. The molecule has 1 fully saturated rings. The molecule has 1 atom stereocenters. The summed E-state index contributed by atoms with van der Waals surface area (Å²) in [7, 11) is -4.40. The van der Waals surface area contributed by atoms with Gasteiger partial charge in [0.05, 0.1) is 11.2 Å². The average Bonchev–Trinajstić information content (AvgIpc) is 3.52. The maximum Gasteiger partial charge on any atom is 1.00 e. The Labute approximate surface area is 199 Å². The van der Waals surface area contributed by atoms with Crippen molar-refractivity contribution in [2.75, 3.05) is 5.32 Å². The Hall–Kier alpha value is -1.96. The number of benzene rings is 2. The predicted molar refractivity (Wildman–Crippen MR) is 111 cm³/mol. The van der Waals surface area contributed by atoms with Crippen molar-refractivity contribution in [3.05, 3.63) is 64.2 Å². The van der Waals surface area contributed by atoms with Crippen LogP contribution in [-0.2, 0) is 11.1 Å². The van der Waals surface area contributed by atoms with E-state index in [9.17, 15) is 23.7 Å². The standard InChI is InChI=1S/C21H19FN3O4P.Na/c22-13-7-8-16-14(11-13)19(26)18(21(27)25(16)10-9-12-5-6-12)20-23-15-3-1-2-4-17(15)30(28,29)24-20;/h1-4,7-8,11-12,26H,5-6,9-10H2,(H2,23,24,28,29);/q;+1/p-1. The van der Waals surface area contributed by atoms with Gasteiger partial charge in [0, 0.05) is 17.2 Å². The molecule has 0 saturated heterocycles. The maximum atomic E-state index is 13.9. The second-order valence-electron chi connectivity index (χ2n) is 7.69. The van der Waals surface area contributed by atoms with E-state index in [2.05, 4.69) is 10.1 Å². The van der Waals surface area contributed by atoms with Crippen LogP contribution in [-0.4, -0.2) is 15.5 Å². The first-order chi connectivity index (χ1) is 14.3. The zero-order valence-corrected chi connectivity index (χ0v) is 19.7. The summed E-state index contributed by atoms with van der Waals surface area (Å²) < 4.78 is 31.8.